The molecule has 0 radical (unpaired) electrons. The Kier molecular flexibility index (Phi) is 5.56. The van der Waals surface area contributed by atoms with Gasteiger partial charge in [-0.3, -0.25) is 4.79 Å². The van der Waals surface area contributed by atoms with Crippen molar-refractivity contribution in [3.63, 3.8) is 0 Å². The highest BCUT2D eigenvalue weighted by Crippen LogP contribution is 2.58. The van der Waals surface area contributed by atoms with Gasteiger partial charge in [-0.15, -0.1) is 0 Å². The van der Waals surface area contributed by atoms with Crippen LogP contribution in [0.25, 0.3) is 6.08 Å². The summed E-state index contributed by atoms with van der Waals surface area (Å²) in [6.45, 7) is 6.12. The maximum atomic E-state index is 13.2. The zero-order chi connectivity index (χ0) is 22.3. The predicted molar refractivity (Wildman–Crippen MR) is 120 cm³/mol. The monoisotopic (exact) mass is 422 g/mol. The molecule has 4 rings (SSSR count). The van der Waals surface area contributed by atoms with Crippen LogP contribution in [0.5, 0.6) is 17.2 Å². The van der Waals surface area contributed by atoms with E-state index in [1.54, 1.807) is 20.1 Å². The SMILES string of the molecule is COc1cc(O)c(C(=O)C=Cc2ccccc2)c2c1[C@@H]1[C@@H](C(C)C)CC[C@@](C)(O)[C@@H]1O2. The Bertz CT molecular complexity index is 1010. The fraction of sp³-hybridized carbons (Fsp3) is 0.423. The Morgan fingerprint density at radius 3 is 2.65 bits per heavy atom. The van der Waals surface area contributed by atoms with Gasteiger partial charge in [-0.2, -0.15) is 0 Å². The van der Waals surface area contributed by atoms with Crippen LogP contribution in [0.4, 0.5) is 0 Å². The summed E-state index contributed by atoms with van der Waals surface area (Å²) in [7, 11) is 1.55. The molecule has 31 heavy (non-hydrogen) atoms. The fourth-order valence-electron chi connectivity index (χ4n) is 5.13. The molecule has 1 saturated carbocycles. The molecular weight excluding hydrogens is 392 g/mol. The average Bonchev–Trinajstić information content (AvgIpc) is 3.13. The number of methoxy groups -OCH3 is 1. The molecule has 4 atom stereocenters. The quantitative estimate of drug-likeness (QED) is 0.526. The van der Waals surface area contributed by atoms with Crippen LogP contribution < -0.4 is 9.47 Å². The molecule has 1 aliphatic carbocycles. The number of carbonyl (C=O) groups is 1. The summed E-state index contributed by atoms with van der Waals surface area (Å²) in [5.41, 5.74) is 0.754. The van der Waals surface area contributed by atoms with E-state index >= 15 is 0 Å². The highest BCUT2D eigenvalue weighted by molar-refractivity contribution is 6.11. The topological polar surface area (TPSA) is 76.0 Å². The van der Waals surface area contributed by atoms with E-state index in [4.69, 9.17) is 9.47 Å². The lowest BCUT2D eigenvalue weighted by atomic mass is 9.65. The van der Waals surface area contributed by atoms with Crippen LogP contribution in [0.3, 0.4) is 0 Å². The first-order valence-corrected chi connectivity index (χ1v) is 10.8. The van der Waals surface area contributed by atoms with Crippen LogP contribution in [0.15, 0.2) is 42.5 Å². The molecule has 0 saturated heterocycles. The Morgan fingerprint density at radius 1 is 1.29 bits per heavy atom. The van der Waals surface area contributed by atoms with Crippen molar-refractivity contribution < 1.29 is 24.5 Å². The van der Waals surface area contributed by atoms with Crippen LogP contribution in [0, 0.1) is 11.8 Å². The number of phenolic OH excluding ortho intramolecular Hbond substituents is 1. The number of fused-ring (bicyclic) bond motifs is 3. The summed E-state index contributed by atoms with van der Waals surface area (Å²) in [5.74, 6) is 0.826. The van der Waals surface area contributed by atoms with Gasteiger partial charge in [-0.25, -0.2) is 0 Å². The molecule has 0 aromatic heterocycles. The highest BCUT2D eigenvalue weighted by Gasteiger charge is 2.55. The lowest BCUT2D eigenvalue weighted by Gasteiger charge is -2.44. The van der Waals surface area contributed by atoms with E-state index in [1.165, 1.54) is 12.1 Å². The van der Waals surface area contributed by atoms with E-state index in [9.17, 15) is 15.0 Å². The van der Waals surface area contributed by atoms with Gasteiger partial charge in [0, 0.05) is 17.5 Å². The average molecular weight is 423 g/mol. The van der Waals surface area contributed by atoms with Gasteiger partial charge in [0.15, 0.2) is 5.78 Å². The maximum absolute atomic E-state index is 13.2. The Labute approximate surface area is 183 Å². The standard InChI is InChI=1S/C26H30O5/c1-15(2)17-12-13-26(3,29)25-21(17)23-20(30-4)14-19(28)22(24(23)31-25)18(27)11-10-16-8-6-5-7-9-16/h5-11,14-15,17,21,25,28-29H,12-13H2,1-4H3/t17-,21+,25-,26-/m1/s1. The van der Waals surface area contributed by atoms with Crippen molar-refractivity contribution in [1.29, 1.82) is 0 Å². The Morgan fingerprint density at radius 2 is 2.00 bits per heavy atom. The van der Waals surface area contributed by atoms with Crippen molar-refractivity contribution in [1.82, 2.24) is 0 Å². The molecule has 1 heterocycles. The van der Waals surface area contributed by atoms with Crippen molar-refractivity contribution in [2.45, 2.75) is 51.2 Å². The normalized spacial score (nSPS) is 27.1. The summed E-state index contributed by atoms with van der Waals surface area (Å²) in [6, 6.07) is 11.0. The molecule has 2 aromatic rings. The van der Waals surface area contributed by atoms with E-state index < -0.39 is 11.7 Å². The maximum Gasteiger partial charge on any atom is 0.193 e. The van der Waals surface area contributed by atoms with Crippen LogP contribution in [0.1, 0.15) is 61.0 Å². The number of carbonyl (C=O) groups excluding carboxylic acids is 1. The summed E-state index contributed by atoms with van der Waals surface area (Å²) >= 11 is 0. The predicted octanol–water partition coefficient (Wildman–Crippen LogP) is 4.96. The van der Waals surface area contributed by atoms with Crippen molar-refractivity contribution in [2.24, 2.45) is 11.8 Å². The summed E-state index contributed by atoms with van der Waals surface area (Å²) in [6.07, 6.45) is 4.14. The molecule has 2 aromatic carbocycles. The van der Waals surface area contributed by atoms with Crippen molar-refractivity contribution >= 4 is 11.9 Å². The van der Waals surface area contributed by atoms with Crippen LogP contribution >= 0.6 is 0 Å². The number of aliphatic hydroxyl groups is 1. The zero-order valence-corrected chi connectivity index (χ0v) is 18.5. The Balaban J connectivity index is 1.82. The molecular formula is C26H30O5. The number of phenols is 1. The van der Waals surface area contributed by atoms with Crippen LogP contribution in [-0.2, 0) is 0 Å². The number of ketones is 1. The third-order valence-corrected chi connectivity index (χ3v) is 6.77. The number of ether oxygens (including phenoxy) is 2. The molecule has 164 valence electrons. The van der Waals surface area contributed by atoms with Crippen molar-refractivity contribution in [3.8, 4) is 17.2 Å². The minimum Gasteiger partial charge on any atom is -0.507 e. The second-order valence-electron chi connectivity index (χ2n) is 9.19. The van der Waals surface area contributed by atoms with Gasteiger partial charge in [0.05, 0.1) is 12.7 Å². The molecule has 0 bridgehead atoms. The van der Waals surface area contributed by atoms with Gasteiger partial charge in [0.25, 0.3) is 0 Å². The largest absolute Gasteiger partial charge is 0.507 e. The van der Waals surface area contributed by atoms with Gasteiger partial charge in [-0.05, 0) is 43.2 Å². The third-order valence-electron chi connectivity index (χ3n) is 6.77. The van der Waals surface area contributed by atoms with Gasteiger partial charge < -0.3 is 19.7 Å². The second-order valence-corrected chi connectivity index (χ2v) is 9.19. The molecule has 2 N–H and O–H groups in total. The zero-order valence-electron chi connectivity index (χ0n) is 18.5. The molecule has 0 amide bonds. The van der Waals surface area contributed by atoms with Gasteiger partial charge in [0.2, 0.25) is 0 Å². The van der Waals surface area contributed by atoms with Gasteiger partial charge in [-0.1, -0.05) is 50.3 Å². The smallest absolute Gasteiger partial charge is 0.193 e. The second kappa shape index (κ2) is 8.04. The van der Waals surface area contributed by atoms with Crippen molar-refractivity contribution in [2.75, 3.05) is 7.11 Å². The first-order valence-electron chi connectivity index (χ1n) is 10.8. The van der Waals surface area contributed by atoms with Crippen LogP contribution in [-0.4, -0.2) is 34.8 Å². The van der Waals surface area contributed by atoms with Gasteiger partial charge >= 0.3 is 0 Å². The van der Waals surface area contributed by atoms with Crippen molar-refractivity contribution in [3.05, 3.63) is 59.2 Å². The number of rotatable bonds is 5. The van der Waals surface area contributed by atoms with E-state index in [1.807, 2.05) is 30.3 Å². The number of aromatic hydroxyl groups is 1. The lowest BCUT2D eigenvalue weighted by Crippen LogP contribution is -2.51. The molecule has 2 aliphatic rings. The molecule has 5 nitrogen and oxygen atoms in total. The number of benzene rings is 2. The lowest BCUT2D eigenvalue weighted by molar-refractivity contribution is -0.0919. The minimum atomic E-state index is -1.03. The number of allylic oxidation sites excluding steroid dienone is 1. The van der Waals surface area contributed by atoms with E-state index in [-0.39, 0.29) is 28.9 Å². The molecule has 0 spiro atoms. The van der Waals surface area contributed by atoms with Gasteiger partial charge in [0.1, 0.15) is 28.9 Å². The number of hydrogen-bond acceptors (Lipinski definition) is 5. The highest BCUT2D eigenvalue weighted by atomic mass is 16.5. The molecule has 1 aliphatic heterocycles. The first-order chi connectivity index (χ1) is 14.7. The molecule has 0 unspecified atom stereocenters. The van der Waals surface area contributed by atoms with E-state index in [0.29, 0.717) is 23.8 Å². The fourth-order valence-corrected chi connectivity index (χ4v) is 5.13. The van der Waals surface area contributed by atoms with E-state index in [2.05, 4.69) is 13.8 Å². The molecule has 5 heteroatoms. The van der Waals surface area contributed by atoms with E-state index in [0.717, 1.165) is 17.5 Å². The van der Waals surface area contributed by atoms with Crippen LogP contribution in [0.2, 0.25) is 0 Å². The first kappa shape index (κ1) is 21.4. The number of hydrogen-bond donors (Lipinski definition) is 2. The summed E-state index contributed by atoms with van der Waals surface area (Å²) in [4.78, 5) is 13.2. The third kappa shape index (κ3) is 3.72. The summed E-state index contributed by atoms with van der Waals surface area (Å²) in [5, 5.41) is 21.8. The Hall–Kier alpha value is -2.79. The summed E-state index contributed by atoms with van der Waals surface area (Å²) < 4.78 is 11.9. The minimum absolute atomic E-state index is 0.112. The molecule has 1 fully saturated rings.